The molecule has 2 heteroatoms. The molecule has 0 unspecified atom stereocenters. The summed E-state index contributed by atoms with van der Waals surface area (Å²) in [6, 6.07) is 4.32. The lowest BCUT2D eigenvalue weighted by atomic mass is 9.80. The SMILES string of the molecule is Clc1ccc2c3c1CCNC[C@H]3CCC2. The maximum atomic E-state index is 6.31. The second kappa shape index (κ2) is 3.80. The van der Waals surface area contributed by atoms with Crippen LogP contribution in [0.2, 0.25) is 5.02 Å². The van der Waals surface area contributed by atoms with E-state index < -0.39 is 0 Å². The van der Waals surface area contributed by atoms with Crippen molar-refractivity contribution < 1.29 is 0 Å². The van der Waals surface area contributed by atoms with Gasteiger partial charge in [0.05, 0.1) is 0 Å². The predicted octanol–water partition coefficient (Wildman–Crippen LogP) is 2.91. The van der Waals surface area contributed by atoms with Crippen LogP contribution in [0.1, 0.15) is 35.4 Å². The lowest BCUT2D eigenvalue weighted by molar-refractivity contribution is 0.525. The molecule has 2 aliphatic rings. The van der Waals surface area contributed by atoms with Crippen LogP contribution >= 0.6 is 11.6 Å². The lowest BCUT2D eigenvalue weighted by Gasteiger charge is -2.26. The minimum atomic E-state index is 0.713. The van der Waals surface area contributed by atoms with Crippen molar-refractivity contribution in [2.24, 2.45) is 0 Å². The van der Waals surface area contributed by atoms with E-state index in [0.29, 0.717) is 5.92 Å². The third-order valence-corrected chi connectivity index (χ3v) is 4.09. The molecule has 1 nitrogen and oxygen atoms in total. The lowest BCUT2D eigenvalue weighted by Crippen LogP contribution is -2.22. The Hall–Kier alpha value is -0.530. The third-order valence-electron chi connectivity index (χ3n) is 3.74. The van der Waals surface area contributed by atoms with Crippen molar-refractivity contribution in [2.45, 2.75) is 31.6 Å². The molecule has 1 aromatic carbocycles. The van der Waals surface area contributed by atoms with E-state index in [1.807, 2.05) is 0 Å². The Morgan fingerprint density at radius 1 is 1.27 bits per heavy atom. The largest absolute Gasteiger partial charge is 0.316 e. The van der Waals surface area contributed by atoms with Crippen LogP contribution in [-0.4, -0.2) is 13.1 Å². The van der Waals surface area contributed by atoms with E-state index in [0.717, 1.165) is 24.5 Å². The fraction of sp³-hybridized carbons (Fsp3) is 0.538. The molecule has 0 radical (unpaired) electrons. The monoisotopic (exact) mass is 221 g/mol. The van der Waals surface area contributed by atoms with Gasteiger partial charge < -0.3 is 5.32 Å². The maximum Gasteiger partial charge on any atom is 0.0441 e. The van der Waals surface area contributed by atoms with Crippen LogP contribution in [0, 0.1) is 0 Å². The van der Waals surface area contributed by atoms with Gasteiger partial charge >= 0.3 is 0 Å². The van der Waals surface area contributed by atoms with E-state index >= 15 is 0 Å². The molecule has 0 bridgehead atoms. The summed E-state index contributed by atoms with van der Waals surface area (Å²) in [6.45, 7) is 2.22. The van der Waals surface area contributed by atoms with Crippen molar-refractivity contribution in [1.82, 2.24) is 5.32 Å². The van der Waals surface area contributed by atoms with Gasteiger partial charge in [0, 0.05) is 11.6 Å². The molecule has 0 saturated heterocycles. The fourth-order valence-electron chi connectivity index (χ4n) is 3.04. The Labute approximate surface area is 95.8 Å². The minimum absolute atomic E-state index is 0.713. The van der Waals surface area contributed by atoms with Gasteiger partial charge in [0.2, 0.25) is 0 Å². The molecule has 3 rings (SSSR count). The first-order chi connectivity index (χ1) is 7.36. The van der Waals surface area contributed by atoms with Gasteiger partial charge in [0.25, 0.3) is 0 Å². The first kappa shape index (κ1) is 9.68. The Kier molecular flexibility index (Phi) is 2.45. The zero-order chi connectivity index (χ0) is 10.3. The Morgan fingerprint density at radius 2 is 2.20 bits per heavy atom. The molecule has 1 N–H and O–H groups in total. The minimum Gasteiger partial charge on any atom is -0.316 e. The molecule has 0 saturated carbocycles. The number of hydrogen-bond donors (Lipinski definition) is 1. The van der Waals surface area contributed by atoms with Crippen LogP contribution in [0.25, 0.3) is 0 Å². The van der Waals surface area contributed by atoms with Gasteiger partial charge in [-0.3, -0.25) is 0 Å². The molecule has 1 aromatic rings. The van der Waals surface area contributed by atoms with Crippen molar-refractivity contribution in [3.05, 3.63) is 33.8 Å². The second-order valence-electron chi connectivity index (χ2n) is 4.64. The number of hydrogen-bond acceptors (Lipinski definition) is 1. The molecular weight excluding hydrogens is 206 g/mol. The third kappa shape index (κ3) is 1.58. The van der Waals surface area contributed by atoms with Crippen LogP contribution in [0.3, 0.4) is 0 Å². The molecule has 15 heavy (non-hydrogen) atoms. The number of rotatable bonds is 0. The molecule has 1 heterocycles. The van der Waals surface area contributed by atoms with E-state index in [1.165, 1.54) is 24.8 Å². The highest BCUT2D eigenvalue weighted by Crippen LogP contribution is 2.38. The van der Waals surface area contributed by atoms with Crippen molar-refractivity contribution >= 4 is 11.6 Å². The smallest absolute Gasteiger partial charge is 0.0441 e. The zero-order valence-electron chi connectivity index (χ0n) is 8.85. The average molecular weight is 222 g/mol. The first-order valence-corrected chi connectivity index (χ1v) is 6.25. The maximum absolute atomic E-state index is 6.31. The van der Waals surface area contributed by atoms with Crippen LogP contribution < -0.4 is 5.32 Å². The van der Waals surface area contributed by atoms with Gasteiger partial charge in [-0.25, -0.2) is 0 Å². The van der Waals surface area contributed by atoms with Gasteiger partial charge in [0.1, 0.15) is 0 Å². The highest BCUT2D eigenvalue weighted by atomic mass is 35.5. The van der Waals surface area contributed by atoms with E-state index in [2.05, 4.69) is 17.4 Å². The standard InChI is InChI=1S/C13H16ClN/c14-12-5-4-9-2-1-3-10-8-15-7-6-11(12)13(9)10/h4-5,10,15H,1-3,6-8H2/t10-/m1/s1. The number of aryl methyl sites for hydroxylation is 1. The molecule has 0 fully saturated rings. The number of halogens is 1. The summed E-state index contributed by atoms with van der Waals surface area (Å²) >= 11 is 6.31. The Balaban J connectivity index is 2.19. The number of benzene rings is 1. The summed E-state index contributed by atoms with van der Waals surface area (Å²) in [5.41, 5.74) is 4.55. The quantitative estimate of drug-likeness (QED) is 0.711. The molecule has 1 atom stereocenters. The van der Waals surface area contributed by atoms with Gasteiger partial charge in [-0.15, -0.1) is 0 Å². The molecule has 1 aliphatic carbocycles. The molecular formula is C13H16ClN. The van der Waals surface area contributed by atoms with Gasteiger partial charge in [-0.2, -0.15) is 0 Å². The van der Waals surface area contributed by atoms with Crippen LogP contribution in [0.15, 0.2) is 12.1 Å². The fourth-order valence-corrected chi connectivity index (χ4v) is 3.30. The normalized spacial score (nSPS) is 24.5. The summed E-state index contributed by atoms with van der Waals surface area (Å²) in [4.78, 5) is 0. The van der Waals surface area contributed by atoms with E-state index in [1.54, 1.807) is 11.1 Å². The van der Waals surface area contributed by atoms with E-state index in [-0.39, 0.29) is 0 Å². The summed E-state index contributed by atoms with van der Waals surface area (Å²) in [5, 5.41) is 4.50. The van der Waals surface area contributed by atoms with Gasteiger partial charge in [-0.1, -0.05) is 17.7 Å². The summed E-state index contributed by atoms with van der Waals surface area (Å²) in [5.74, 6) is 0.713. The van der Waals surface area contributed by atoms with Crippen molar-refractivity contribution in [1.29, 1.82) is 0 Å². The van der Waals surface area contributed by atoms with Crippen LogP contribution in [0.5, 0.6) is 0 Å². The summed E-state index contributed by atoms with van der Waals surface area (Å²) in [7, 11) is 0. The second-order valence-corrected chi connectivity index (χ2v) is 5.05. The van der Waals surface area contributed by atoms with Crippen molar-refractivity contribution in [3.63, 3.8) is 0 Å². The predicted molar refractivity (Wildman–Crippen MR) is 63.7 cm³/mol. The van der Waals surface area contributed by atoms with Crippen molar-refractivity contribution in [2.75, 3.05) is 13.1 Å². The molecule has 0 spiro atoms. The average Bonchev–Trinajstić information content (AvgIpc) is 2.48. The summed E-state index contributed by atoms with van der Waals surface area (Å²) < 4.78 is 0. The highest BCUT2D eigenvalue weighted by Gasteiger charge is 2.25. The summed E-state index contributed by atoms with van der Waals surface area (Å²) in [6.07, 6.45) is 5.00. The molecule has 1 aliphatic heterocycles. The van der Waals surface area contributed by atoms with Crippen LogP contribution in [-0.2, 0) is 12.8 Å². The topological polar surface area (TPSA) is 12.0 Å². The zero-order valence-corrected chi connectivity index (χ0v) is 9.61. The van der Waals surface area contributed by atoms with E-state index in [9.17, 15) is 0 Å². The molecule has 0 amide bonds. The van der Waals surface area contributed by atoms with Gasteiger partial charge in [-0.05, 0) is 60.9 Å². The number of nitrogens with one attached hydrogen (secondary N) is 1. The van der Waals surface area contributed by atoms with Crippen LogP contribution in [0.4, 0.5) is 0 Å². The van der Waals surface area contributed by atoms with Gasteiger partial charge in [0.15, 0.2) is 0 Å². The molecule has 80 valence electrons. The highest BCUT2D eigenvalue weighted by molar-refractivity contribution is 6.31. The Bertz CT molecular complexity index is 386. The van der Waals surface area contributed by atoms with E-state index in [4.69, 9.17) is 11.6 Å². The van der Waals surface area contributed by atoms with Crippen molar-refractivity contribution in [3.8, 4) is 0 Å². The molecule has 0 aromatic heterocycles. The Morgan fingerprint density at radius 3 is 3.13 bits per heavy atom. The first-order valence-electron chi connectivity index (χ1n) is 5.87.